The van der Waals surface area contributed by atoms with Crippen LogP contribution in [0.2, 0.25) is 0 Å². The number of benzene rings is 1. The topological polar surface area (TPSA) is 44.8 Å². The average molecular weight is 340 g/mol. The standard InChI is InChI=1S/C17H25N3O2.ClH/c1-13-3-4-14(11-16(13)22-2)17(21)20-9-7-19(8-10-20)15-5-6-18-12-15;/h3-4,11,15,18H,5-10,12H2,1-2H3;1H. The van der Waals surface area contributed by atoms with Crippen LogP contribution in [0.15, 0.2) is 18.2 Å². The summed E-state index contributed by atoms with van der Waals surface area (Å²) >= 11 is 0. The molecule has 5 nitrogen and oxygen atoms in total. The van der Waals surface area contributed by atoms with E-state index in [4.69, 9.17) is 4.74 Å². The molecule has 1 amide bonds. The molecular formula is C17H26ClN3O2. The molecule has 0 spiro atoms. The monoisotopic (exact) mass is 339 g/mol. The van der Waals surface area contributed by atoms with E-state index in [0.717, 1.165) is 56.1 Å². The van der Waals surface area contributed by atoms with Crippen molar-refractivity contribution in [3.63, 3.8) is 0 Å². The van der Waals surface area contributed by atoms with Gasteiger partial charge in [-0.2, -0.15) is 0 Å². The molecular weight excluding hydrogens is 314 g/mol. The fourth-order valence-corrected chi connectivity index (χ4v) is 3.38. The van der Waals surface area contributed by atoms with Crippen LogP contribution in [0.1, 0.15) is 22.3 Å². The van der Waals surface area contributed by atoms with Crippen molar-refractivity contribution in [3.8, 4) is 5.75 Å². The van der Waals surface area contributed by atoms with E-state index in [1.807, 2.05) is 30.0 Å². The van der Waals surface area contributed by atoms with E-state index in [-0.39, 0.29) is 18.3 Å². The minimum Gasteiger partial charge on any atom is -0.496 e. The number of carbonyl (C=O) groups excluding carboxylic acids is 1. The highest BCUT2D eigenvalue weighted by Crippen LogP contribution is 2.21. The number of hydrogen-bond donors (Lipinski definition) is 1. The van der Waals surface area contributed by atoms with Gasteiger partial charge in [0.05, 0.1) is 7.11 Å². The van der Waals surface area contributed by atoms with Gasteiger partial charge in [0.2, 0.25) is 0 Å². The fourth-order valence-electron chi connectivity index (χ4n) is 3.38. The first-order valence-corrected chi connectivity index (χ1v) is 8.07. The number of piperazine rings is 1. The summed E-state index contributed by atoms with van der Waals surface area (Å²) in [5, 5.41) is 3.41. The van der Waals surface area contributed by atoms with E-state index >= 15 is 0 Å². The number of methoxy groups -OCH3 is 1. The van der Waals surface area contributed by atoms with Crippen LogP contribution < -0.4 is 10.1 Å². The third-order valence-corrected chi connectivity index (χ3v) is 4.81. The highest BCUT2D eigenvalue weighted by Gasteiger charge is 2.28. The Kier molecular flexibility index (Phi) is 6.27. The molecule has 1 unspecified atom stereocenters. The van der Waals surface area contributed by atoms with E-state index in [0.29, 0.717) is 6.04 Å². The Balaban J connectivity index is 0.00000192. The Morgan fingerprint density at radius 1 is 1.26 bits per heavy atom. The lowest BCUT2D eigenvalue weighted by Gasteiger charge is -2.37. The molecule has 128 valence electrons. The van der Waals surface area contributed by atoms with Gasteiger partial charge < -0.3 is 15.0 Å². The number of hydrogen-bond acceptors (Lipinski definition) is 4. The summed E-state index contributed by atoms with van der Waals surface area (Å²) in [6.07, 6.45) is 1.23. The Bertz CT molecular complexity index is 539. The summed E-state index contributed by atoms with van der Waals surface area (Å²) in [5.41, 5.74) is 1.77. The highest BCUT2D eigenvalue weighted by molar-refractivity contribution is 5.94. The second-order valence-electron chi connectivity index (χ2n) is 6.16. The molecule has 0 radical (unpaired) electrons. The summed E-state index contributed by atoms with van der Waals surface area (Å²) < 4.78 is 5.32. The number of halogens is 1. The molecule has 0 aromatic heterocycles. The van der Waals surface area contributed by atoms with Gasteiger partial charge in [0.15, 0.2) is 0 Å². The zero-order valence-corrected chi connectivity index (χ0v) is 14.7. The van der Waals surface area contributed by atoms with Crippen LogP contribution in [0.5, 0.6) is 5.75 Å². The third-order valence-electron chi connectivity index (χ3n) is 4.81. The molecule has 1 aromatic rings. The lowest BCUT2D eigenvalue weighted by atomic mass is 10.1. The summed E-state index contributed by atoms with van der Waals surface area (Å²) in [6, 6.07) is 6.35. The van der Waals surface area contributed by atoms with Crippen molar-refractivity contribution in [2.24, 2.45) is 0 Å². The van der Waals surface area contributed by atoms with Crippen LogP contribution in [-0.4, -0.2) is 68.1 Å². The minimum atomic E-state index is 0. The number of nitrogens with zero attached hydrogens (tertiary/aromatic N) is 2. The minimum absolute atomic E-state index is 0. The van der Waals surface area contributed by atoms with Gasteiger partial charge >= 0.3 is 0 Å². The van der Waals surface area contributed by atoms with Gasteiger partial charge in [-0.25, -0.2) is 0 Å². The Morgan fingerprint density at radius 3 is 2.61 bits per heavy atom. The van der Waals surface area contributed by atoms with Crippen molar-refractivity contribution in [3.05, 3.63) is 29.3 Å². The summed E-state index contributed by atoms with van der Waals surface area (Å²) in [7, 11) is 1.64. The van der Waals surface area contributed by atoms with Crippen molar-refractivity contribution < 1.29 is 9.53 Å². The maximum atomic E-state index is 12.6. The molecule has 2 aliphatic heterocycles. The Labute approximate surface area is 144 Å². The number of amides is 1. The zero-order chi connectivity index (χ0) is 15.5. The van der Waals surface area contributed by atoms with Gasteiger partial charge in [-0.3, -0.25) is 9.69 Å². The molecule has 0 bridgehead atoms. The van der Waals surface area contributed by atoms with Crippen LogP contribution in [0, 0.1) is 6.92 Å². The van der Waals surface area contributed by atoms with E-state index in [2.05, 4.69) is 10.2 Å². The number of carbonyl (C=O) groups is 1. The molecule has 23 heavy (non-hydrogen) atoms. The SMILES string of the molecule is COc1cc(C(=O)N2CCN(C3CCNC3)CC2)ccc1C.Cl. The molecule has 2 saturated heterocycles. The van der Waals surface area contributed by atoms with Gasteiger partial charge in [0.1, 0.15) is 5.75 Å². The maximum Gasteiger partial charge on any atom is 0.254 e. The number of ether oxygens (including phenoxy) is 1. The van der Waals surface area contributed by atoms with Gasteiger partial charge in [0.25, 0.3) is 5.91 Å². The van der Waals surface area contributed by atoms with Crippen LogP contribution in [0.4, 0.5) is 0 Å². The number of rotatable bonds is 3. The predicted octanol–water partition coefficient (Wildman–Crippen LogP) is 1.55. The highest BCUT2D eigenvalue weighted by atomic mass is 35.5. The Hall–Kier alpha value is -1.30. The molecule has 3 rings (SSSR count). The average Bonchev–Trinajstić information content (AvgIpc) is 3.09. The smallest absolute Gasteiger partial charge is 0.254 e. The quantitative estimate of drug-likeness (QED) is 0.907. The lowest BCUT2D eigenvalue weighted by molar-refractivity contribution is 0.0583. The first-order valence-electron chi connectivity index (χ1n) is 8.07. The normalized spacial score (nSPS) is 21.8. The molecule has 2 heterocycles. The zero-order valence-electron chi connectivity index (χ0n) is 13.9. The molecule has 0 saturated carbocycles. The number of nitrogens with one attached hydrogen (secondary N) is 1. The summed E-state index contributed by atoms with van der Waals surface area (Å²) in [5.74, 6) is 0.893. The van der Waals surface area contributed by atoms with E-state index in [9.17, 15) is 4.79 Å². The largest absolute Gasteiger partial charge is 0.496 e. The molecule has 1 N–H and O–H groups in total. The van der Waals surface area contributed by atoms with E-state index < -0.39 is 0 Å². The van der Waals surface area contributed by atoms with Crippen molar-refractivity contribution in [2.45, 2.75) is 19.4 Å². The van der Waals surface area contributed by atoms with Crippen LogP contribution in [-0.2, 0) is 0 Å². The molecule has 1 aromatic carbocycles. The molecule has 6 heteroatoms. The van der Waals surface area contributed by atoms with Crippen molar-refractivity contribution in [1.82, 2.24) is 15.1 Å². The van der Waals surface area contributed by atoms with Gasteiger partial charge in [-0.15, -0.1) is 12.4 Å². The first kappa shape index (κ1) is 18.0. The molecule has 2 aliphatic rings. The predicted molar refractivity (Wildman–Crippen MR) is 93.7 cm³/mol. The summed E-state index contributed by atoms with van der Waals surface area (Å²) in [6.45, 7) is 7.76. The summed E-state index contributed by atoms with van der Waals surface area (Å²) in [4.78, 5) is 17.1. The van der Waals surface area contributed by atoms with Crippen LogP contribution >= 0.6 is 12.4 Å². The number of aryl methyl sites for hydroxylation is 1. The second kappa shape index (κ2) is 7.99. The third kappa shape index (κ3) is 3.97. The maximum absolute atomic E-state index is 12.6. The lowest BCUT2D eigenvalue weighted by Crippen LogP contribution is -2.52. The van der Waals surface area contributed by atoms with Crippen molar-refractivity contribution in [1.29, 1.82) is 0 Å². The van der Waals surface area contributed by atoms with Crippen LogP contribution in [0.3, 0.4) is 0 Å². The van der Waals surface area contributed by atoms with Gasteiger partial charge in [0, 0.05) is 44.3 Å². The van der Waals surface area contributed by atoms with Crippen LogP contribution in [0.25, 0.3) is 0 Å². The molecule has 0 aliphatic carbocycles. The Morgan fingerprint density at radius 2 is 2.00 bits per heavy atom. The van der Waals surface area contributed by atoms with Crippen molar-refractivity contribution in [2.75, 3.05) is 46.4 Å². The molecule has 1 atom stereocenters. The van der Waals surface area contributed by atoms with E-state index in [1.54, 1.807) is 7.11 Å². The molecule has 2 fully saturated rings. The fraction of sp³-hybridized carbons (Fsp3) is 0.588. The van der Waals surface area contributed by atoms with Gasteiger partial charge in [-0.05, 0) is 37.6 Å². The van der Waals surface area contributed by atoms with Gasteiger partial charge in [-0.1, -0.05) is 6.07 Å². The van der Waals surface area contributed by atoms with E-state index in [1.165, 1.54) is 6.42 Å². The second-order valence-corrected chi connectivity index (χ2v) is 6.16. The van der Waals surface area contributed by atoms with Crippen molar-refractivity contribution >= 4 is 18.3 Å². The first-order chi connectivity index (χ1) is 10.7.